The molecule has 1 aromatic heterocycles. The fourth-order valence-electron chi connectivity index (χ4n) is 4.84. The molecule has 0 aliphatic carbocycles. The Morgan fingerprint density at radius 3 is 2.58 bits per heavy atom. The van der Waals surface area contributed by atoms with Gasteiger partial charge in [-0.25, -0.2) is 9.78 Å². The number of carbonyl (C=O) groups excluding carboxylic acids is 3. The quantitative estimate of drug-likeness (QED) is 0.0481. The number of methoxy groups -OCH3 is 1. The van der Waals surface area contributed by atoms with Crippen molar-refractivity contribution < 1.29 is 38.4 Å². The summed E-state index contributed by atoms with van der Waals surface area (Å²) in [6, 6.07) is 10.7. The minimum atomic E-state index is -1.10. The van der Waals surface area contributed by atoms with E-state index in [1.54, 1.807) is 49.4 Å². The van der Waals surface area contributed by atoms with E-state index in [0.717, 1.165) is 37.0 Å². The average molecular weight is 635 g/mol. The lowest BCUT2D eigenvalue weighted by molar-refractivity contribution is -0.132. The fraction of sp³-hybridized carbons (Fsp3) is 0.353. The first kappa shape index (κ1) is 33.3. The highest BCUT2D eigenvalue weighted by atomic mass is 32.1. The molecule has 0 saturated carbocycles. The molecular weight excluding hydrogens is 596 g/mol. The first-order valence-corrected chi connectivity index (χ1v) is 15.7. The van der Waals surface area contributed by atoms with Crippen molar-refractivity contribution in [1.82, 2.24) is 4.98 Å². The molecule has 2 heterocycles. The van der Waals surface area contributed by atoms with E-state index in [0.29, 0.717) is 47.3 Å². The number of aliphatic hydroxyl groups excluding tert-OH is 1. The molecule has 1 N–H and O–H groups in total. The number of aromatic nitrogens is 1. The number of thiazole rings is 1. The van der Waals surface area contributed by atoms with Gasteiger partial charge in [0.05, 0.1) is 37.6 Å². The minimum absolute atomic E-state index is 0.00368. The summed E-state index contributed by atoms with van der Waals surface area (Å²) >= 11 is 0.922. The molecule has 1 atom stereocenters. The van der Waals surface area contributed by atoms with Crippen molar-refractivity contribution in [1.29, 1.82) is 0 Å². The van der Waals surface area contributed by atoms with E-state index in [1.165, 1.54) is 18.1 Å². The van der Waals surface area contributed by atoms with E-state index in [9.17, 15) is 19.5 Å². The molecule has 1 amide bonds. The number of hydrogen-bond donors (Lipinski definition) is 1. The molecule has 3 aromatic rings. The van der Waals surface area contributed by atoms with Crippen molar-refractivity contribution in [3.63, 3.8) is 0 Å². The van der Waals surface area contributed by atoms with Crippen LogP contribution in [0, 0.1) is 6.92 Å². The number of aryl methyl sites for hydroxylation is 1. The Kier molecular flexibility index (Phi) is 11.4. The second-order valence-electron chi connectivity index (χ2n) is 10.3. The zero-order chi connectivity index (χ0) is 32.5. The summed E-state index contributed by atoms with van der Waals surface area (Å²) in [6.45, 7) is 10.2. The van der Waals surface area contributed by atoms with Gasteiger partial charge in [-0.1, -0.05) is 68.9 Å². The van der Waals surface area contributed by atoms with Crippen LogP contribution < -0.4 is 19.1 Å². The van der Waals surface area contributed by atoms with Gasteiger partial charge in [0, 0.05) is 5.56 Å². The Hall–Kier alpha value is -4.64. The minimum Gasteiger partial charge on any atom is -0.507 e. The van der Waals surface area contributed by atoms with Crippen molar-refractivity contribution in [3.8, 4) is 17.2 Å². The molecule has 0 spiro atoms. The molecule has 11 heteroatoms. The summed E-state index contributed by atoms with van der Waals surface area (Å²) in [4.78, 5) is 46.0. The lowest BCUT2D eigenvalue weighted by atomic mass is 9.95. The van der Waals surface area contributed by atoms with Crippen LogP contribution in [0.2, 0.25) is 0 Å². The van der Waals surface area contributed by atoms with Gasteiger partial charge < -0.3 is 24.1 Å². The summed E-state index contributed by atoms with van der Waals surface area (Å²) in [5, 5.41) is 11.7. The number of esters is 1. The lowest BCUT2D eigenvalue weighted by Crippen LogP contribution is -2.29. The van der Waals surface area contributed by atoms with Crippen molar-refractivity contribution in [2.45, 2.75) is 52.5 Å². The molecule has 1 aliphatic heterocycles. The molecular formula is C34H38N2O8S. The SMILES string of the molecule is C=CCOC(=O)c1sc(N2C(=O)C(=O)/C(=C(/O)c3cccc(OCCC)c3)C2c2ccc(OCCCCC)c(OC)c2)nc1C. The number of rotatable bonds is 15. The molecule has 0 radical (unpaired) electrons. The molecule has 1 aliphatic rings. The summed E-state index contributed by atoms with van der Waals surface area (Å²) in [5.74, 6) is -1.39. The van der Waals surface area contributed by atoms with Crippen molar-refractivity contribution in [2.24, 2.45) is 0 Å². The Morgan fingerprint density at radius 2 is 1.87 bits per heavy atom. The number of nitrogens with zero attached hydrogens (tertiary/aromatic N) is 2. The fourth-order valence-corrected chi connectivity index (χ4v) is 5.82. The van der Waals surface area contributed by atoms with E-state index in [4.69, 9.17) is 18.9 Å². The molecule has 1 fully saturated rings. The average Bonchev–Trinajstić information content (AvgIpc) is 3.56. The molecule has 45 heavy (non-hydrogen) atoms. The normalized spacial score (nSPS) is 15.6. The predicted molar refractivity (Wildman–Crippen MR) is 172 cm³/mol. The van der Waals surface area contributed by atoms with Gasteiger partial charge in [0.25, 0.3) is 5.78 Å². The molecule has 4 rings (SSSR count). The molecule has 1 saturated heterocycles. The monoisotopic (exact) mass is 634 g/mol. The van der Waals surface area contributed by atoms with Crippen LogP contribution in [0.25, 0.3) is 5.76 Å². The Morgan fingerprint density at radius 1 is 1.07 bits per heavy atom. The van der Waals surface area contributed by atoms with Crippen LogP contribution in [0.5, 0.6) is 17.2 Å². The van der Waals surface area contributed by atoms with Crippen LogP contribution in [-0.4, -0.2) is 54.7 Å². The smallest absolute Gasteiger partial charge is 0.350 e. The van der Waals surface area contributed by atoms with Crippen LogP contribution >= 0.6 is 11.3 Å². The van der Waals surface area contributed by atoms with E-state index in [-0.39, 0.29) is 27.9 Å². The highest BCUT2D eigenvalue weighted by Crippen LogP contribution is 2.45. The number of ether oxygens (including phenoxy) is 4. The van der Waals surface area contributed by atoms with Gasteiger partial charge >= 0.3 is 11.9 Å². The second-order valence-corrected chi connectivity index (χ2v) is 11.3. The molecule has 10 nitrogen and oxygen atoms in total. The number of ketones is 1. The second kappa shape index (κ2) is 15.4. The number of hydrogen-bond acceptors (Lipinski definition) is 10. The highest BCUT2D eigenvalue weighted by Gasteiger charge is 2.48. The summed E-state index contributed by atoms with van der Waals surface area (Å²) in [5.41, 5.74) is 0.961. The predicted octanol–water partition coefficient (Wildman–Crippen LogP) is 6.79. The number of aliphatic hydroxyl groups is 1. The number of carbonyl (C=O) groups is 3. The van der Waals surface area contributed by atoms with E-state index >= 15 is 0 Å². The lowest BCUT2D eigenvalue weighted by Gasteiger charge is -2.24. The largest absolute Gasteiger partial charge is 0.507 e. The maximum atomic E-state index is 13.7. The van der Waals surface area contributed by atoms with Crippen molar-refractivity contribution in [3.05, 3.63) is 82.4 Å². The van der Waals surface area contributed by atoms with Gasteiger partial charge in [-0.3, -0.25) is 14.5 Å². The Balaban J connectivity index is 1.86. The van der Waals surface area contributed by atoms with Crippen molar-refractivity contribution >= 4 is 39.9 Å². The number of unbranched alkanes of at least 4 members (excludes halogenated alkanes) is 2. The third-order valence-corrected chi connectivity index (χ3v) is 8.18. The Bertz CT molecular complexity index is 1590. The first-order valence-electron chi connectivity index (χ1n) is 14.9. The number of anilines is 1. The number of amides is 1. The first-order chi connectivity index (χ1) is 21.7. The highest BCUT2D eigenvalue weighted by molar-refractivity contribution is 7.17. The summed E-state index contributed by atoms with van der Waals surface area (Å²) < 4.78 is 22.5. The van der Waals surface area contributed by atoms with Crippen LogP contribution in [0.1, 0.15) is 72.1 Å². The zero-order valence-corrected chi connectivity index (χ0v) is 26.8. The maximum Gasteiger partial charge on any atom is 0.350 e. The van der Waals surface area contributed by atoms with Crippen LogP contribution in [0.4, 0.5) is 5.13 Å². The van der Waals surface area contributed by atoms with Crippen LogP contribution in [-0.2, 0) is 14.3 Å². The van der Waals surface area contributed by atoms with Gasteiger partial charge in [-0.2, -0.15) is 0 Å². The summed E-state index contributed by atoms with van der Waals surface area (Å²) in [7, 11) is 1.50. The third-order valence-electron chi connectivity index (χ3n) is 7.04. The molecule has 1 unspecified atom stereocenters. The maximum absolute atomic E-state index is 13.7. The van der Waals surface area contributed by atoms with Gasteiger partial charge in [0.2, 0.25) is 0 Å². The molecule has 2 aromatic carbocycles. The van der Waals surface area contributed by atoms with Crippen molar-refractivity contribution in [2.75, 3.05) is 31.8 Å². The van der Waals surface area contributed by atoms with Crippen LogP contribution in [0.3, 0.4) is 0 Å². The number of Topliss-reactive ketones (excluding diaryl/α,β-unsaturated/α-hetero) is 1. The van der Waals surface area contributed by atoms with Crippen LogP contribution in [0.15, 0.2) is 60.7 Å². The summed E-state index contributed by atoms with van der Waals surface area (Å²) in [6.07, 6.45) is 5.19. The molecule has 0 bridgehead atoms. The van der Waals surface area contributed by atoms with Gasteiger partial charge in [0.15, 0.2) is 16.6 Å². The van der Waals surface area contributed by atoms with E-state index in [1.807, 2.05) is 6.92 Å². The number of benzene rings is 2. The molecule has 238 valence electrons. The van der Waals surface area contributed by atoms with Gasteiger partial charge in [-0.05, 0) is 49.6 Å². The van der Waals surface area contributed by atoms with E-state index < -0.39 is 23.7 Å². The van der Waals surface area contributed by atoms with Gasteiger partial charge in [-0.15, -0.1) is 0 Å². The van der Waals surface area contributed by atoms with Gasteiger partial charge in [0.1, 0.15) is 23.0 Å². The topological polar surface area (TPSA) is 124 Å². The Labute approximate surface area is 266 Å². The standard InChI is InChI=1S/C34H38N2O8S/c1-6-9-10-18-43-25-15-14-22(20-26(25)41-5)28-27(29(37)23-12-11-13-24(19-23)42-16-7-2)30(38)32(39)36(28)34-35-21(4)31(45-34)33(40)44-17-8-3/h8,11-15,19-20,28,37H,3,6-7,9-10,16-18H2,1-2,4-5H3/b29-27+. The zero-order valence-electron chi connectivity index (χ0n) is 26.0. The third kappa shape index (κ3) is 7.37. The van der Waals surface area contributed by atoms with E-state index in [2.05, 4.69) is 18.5 Å².